The van der Waals surface area contributed by atoms with E-state index in [1.807, 2.05) is 97.4 Å². The van der Waals surface area contributed by atoms with Crippen molar-refractivity contribution in [1.82, 2.24) is 9.78 Å². The number of phenols is 2. The van der Waals surface area contributed by atoms with Crippen molar-refractivity contribution in [2.45, 2.75) is 19.9 Å². The molecular weight excluding hydrogens is 536 g/mol. The highest BCUT2D eigenvalue weighted by molar-refractivity contribution is 6.51. The number of nitrogens with one attached hydrogen (secondary N) is 1. The number of amidine groups is 2. The van der Waals surface area contributed by atoms with Crippen LogP contribution in [0.3, 0.4) is 0 Å². The van der Waals surface area contributed by atoms with Crippen LogP contribution in [-0.4, -0.2) is 31.7 Å². The molecule has 0 amide bonds. The van der Waals surface area contributed by atoms with E-state index in [-0.39, 0.29) is 11.5 Å². The first kappa shape index (κ1) is 24.9. The largest absolute Gasteiger partial charge is 0.504 e. The molecule has 7 rings (SSSR count). The summed E-state index contributed by atoms with van der Waals surface area (Å²) in [5, 5.41) is 29.7. The fourth-order valence-electron chi connectivity index (χ4n) is 5.38. The van der Waals surface area contributed by atoms with Crippen molar-refractivity contribution < 1.29 is 10.2 Å². The van der Waals surface area contributed by atoms with Crippen LogP contribution in [0.15, 0.2) is 101 Å². The second kappa shape index (κ2) is 9.53. The molecule has 3 N–H and O–H groups in total. The Labute approximate surface area is 241 Å². The molecule has 1 atom stereocenters. The van der Waals surface area contributed by atoms with Crippen molar-refractivity contribution in [2.75, 3.05) is 10.2 Å². The Morgan fingerprint density at radius 2 is 1.61 bits per heavy atom. The third-order valence-electron chi connectivity index (χ3n) is 7.39. The molecule has 41 heavy (non-hydrogen) atoms. The van der Waals surface area contributed by atoms with Crippen molar-refractivity contribution in [3.8, 4) is 17.2 Å². The van der Waals surface area contributed by atoms with Crippen molar-refractivity contribution in [1.29, 1.82) is 0 Å². The molecule has 2 aliphatic heterocycles. The van der Waals surface area contributed by atoms with Crippen LogP contribution in [0.4, 0.5) is 22.9 Å². The Morgan fingerprint density at radius 1 is 0.829 bits per heavy atom. The van der Waals surface area contributed by atoms with E-state index in [2.05, 4.69) is 10.2 Å². The highest BCUT2D eigenvalue weighted by atomic mass is 35.5. The van der Waals surface area contributed by atoms with Gasteiger partial charge in [0.05, 0.1) is 28.8 Å². The van der Waals surface area contributed by atoms with Gasteiger partial charge in [0.25, 0.3) is 0 Å². The van der Waals surface area contributed by atoms with Crippen LogP contribution < -0.4 is 10.2 Å². The fraction of sp³-hybridized carbons (Fsp3) is 0.0938. The van der Waals surface area contributed by atoms with Gasteiger partial charge in [0.15, 0.2) is 29.0 Å². The van der Waals surface area contributed by atoms with Crippen LogP contribution in [0.25, 0.3) is 5.69 Å². The molecule has 202 valence electrons. The summed E-state index contributed by atoms with van der Waals surface area (Å²) in [6.07, 6.45) is 0. The second-order valence-corrected chi connectivity index (χ2v) is 10.5. The van der Waals surface area contributed by atoms with Crippen LogP contribution >= 0.6 is 11.6 Å². The molecule has 0 bridgehead atoms. The Kier molecular flexibility index (Phi) is 5.80. The average Bonchev–Trinajstić information content (AvgIpc) is 3.32. The molecule has 0 saturated heterocycles. The molecule has 1 aromatic heterocycles. The maximum Gasteiger partial charge on any atom is 0.179 e. The van der Waals surface area contributed by atoms with Crippen molar-refractivity contribution in [3.05, 3.63) is 118 Å². The van der Waals surface area contributed by atoms with E-state index in [9.17, 15) is 10.2 Å². The number of aromatic hydroxyl groups is 2. The van der Waals surface area contributed by atoms with E-state index in [4.69, 9.17) is 26.7 Å². The van der Waals surface area contributed by atoms with Crippen LogP contribution in [0.5, 0.6) is 11.5 Å². The normalized spacial score (nSPS) is 15.4. The number of aryl methyl sites for hydroxylation is 2. The average molecular weight is 561 g/mol. The molecule has 3 heterocycles. The predicted octanol–water partition coefficient (Wildman–Crippen LogP) is 7.35. The third kappa shape index (κ3) is 4.11. The minimum Gasteiger partial charge on any atom is -0.504 e. The number of aromatic nitrogens is 2. The SMILES string of the molecule is Cc1ccc(NC2=Nc3ccccc3N3C2=Nc2c(c(C)nn2-c2ccccc2)[C@@H]3c2ccc(O)c(O)c2)cc1Cl. The van der Waals surface area contributed by atoms with Crippen molar-refractivity contribution >= 4 is 46.2 Å². The lowest BCUT2D eigenvalue weighted by Gasteiger charge is -2.40. The van der Waals surface area contributed by atoms with Gasteiger partial charge in [0.2, 0.25) is 0 Å². The smallest absolute Gasteiger partial charge is 0.179 e. The molecule has 0 radical (unpaired) electrons. The van der Waals surface area contributed by atoms with Gasteiger partial charge < -0.3 is 20.4 Å². The van der Waals surface area contributed by atoms with Crippen LogP contribution in [0.2, 0.25) is 5.02 Å². The summed E-state index contributed by atoms with van der Waals surface area (Å²) >= 11 is 6.46. The zero-order chi connectivity index (χ0) is 28.2. The van der Waals surface area contributed by atoms with Gasteiger partial charge in [-0.25, -0.2) is 14.7 Å². The summed E-state index contributed by atoms with van der Waals surface area (Å²) in [4.78, 5) is 12.3. The molecule has 8 nitrogen and oxygen atoms in total. The first-order chi connectivity index (χ1) is 19.9. The number of rotatable bonds is 3. The van der Waals surface area contributed by atoms with Gasteiger partial charge in [-0.05, 0) is 73.5 Å². The molecule has 0 saturated carbocycles. The highest BCUT2D eigenvalue weighted by Crippen LogP contribution is 2.49. The van der Waals surface area contributed by atoms with E-state index in [1.165, 1.54) is 6.07 Å². The topological polar surface area (TPSA) is 98.3 Å². The van der Waals surface area contributed by atoms with E-state index >= 15 is 0 Å². The predicted molar refractivity (Wildman–Crippen MR) is 163 cm³/mol. The number of fused-ring (bicyclic) bond motifs is 4. The fourth-order valence-corrected chi connectivity index (χ4v) is 5.56. The summed E-state index contributed by atoms with van der Waals surface area (Å²) in [5.74, 6) is 1.40. The number of nitrogens with zero attached hydrogens (tertiary/aromatic N) is 5. The van der Waals surface area contributed by atoms with Gasteiger partial charge >= 0.3 is 0 Å². The van der Waals surface area contributed by atoms with Gasteiger partial charge in [-0.2, -0.15) is 5.10 Å². The number of benzene rings is 4. The maximum absolute atomic E-state index is 10.5. The Balaban J connectivity index is 1.50. The highest BCUT2D eigenvalue weighted by Gasteiger charge is 2.41. The van der Waals surface area contributed by atoms with Crippen molar-refractivity contribution in [3.63, 3.8) is 0 Å². The van der Waals surface area contributed by atoms with Crippen LogP contribution in [0, 0.1) is 13.8 Å². The number of aliphatic imine (C=N–C) groups is 2. The number of anilines is 2. The van der Waals surface area contributed by atoms with Gasteiger partial charge in [-0.3, -0.25) is 0 Å². The summed E-state index contributed by atoms with van der Waals surface area (Å²) in [5.41, 5.74) is 6.68. The van der Waals surface area contributed by atoms with Gasteiger partial charge in [0.1, 0.15) is 0 Å². The molecular formula is C32H25ClN6O2. The number of halogens is 1. The van der Waals surface area contributed by atoms with Crippen LogP contribution in [-0.2, 0) is 0 Å². The Bertz CT molecular complexity index is 1900. The summed E-state index contributed by atoms with van der Waals surface area (Å²) in [7, 11) is 0. The maximum atomic E-state index is 10.5. The third-order valence-corrected chi connectivity index (χ3v) is 7.80. The number of hydrogen-bond acceptors (Lipinski definition) is 7. The number of hydrogen-bond donors (Lipinski definition) is 3. The van der Waals surface area contributed by atoms with E-state index < -0.39 is 6.04 Å². The van der Waals surface area contributed by atoms with Gasteiger partial charge in [-0.15, -0.1) is 0 Å². The molecule has 0 unspecified atom stereocenters. The molecule has 9 heteroatoms. The quantitative estimate of drug-likeness (QED) is 0.200. The Hall–Kier alpha value is -5.08. The molecule has 0 aliphatic carbocycles. The Morgan fingerprint density at radius 3 is 2.39 bits per heavy atom. The lowest BCUT2D eigenvalue weighted by molar-refractivity contribution is 0.403. The molecule has 0 spiro atoms. The number of para-hydroxylation sites is 3. The van der Waals surface area contributed by atoms with E-state index in [0.29, 0.717) is 22.5 Å². The van der Waals surface area contributed by atoms with Gasteiger partial charge in [-0.1, -0.05) is 54.1 Å². The molecule has 0 fully saturated rings. The van der Waals surface area contributed by atoms with E-state index in [0.717, 1.165) is 45.1 Å². The number of phenolic OH excluding ortho intramolecular Hbond substituents is 2. The zero-order valence-corrected chi connectivity index (χ0v) is 23.0. The molecule has 4 aromatic carbocycles. The van der Waals surface area contributed by atoms with Crippen molar-refractivity contribution in [2.24, 2.45) is 9.98 Å². The van der Waals surface area contributed by atoms with Gasteiger partial charge in [0, 0.05) is 16.3 Å². The minimum absolute atomic E-state index is 0.186. The first-order valence-electron chi connectivity index (χ1n) is 13.1. The standard InChI is InChI=1S/C32H25ClN6O2/c1-18-12-14-21(17-23(18)33)34-30-32-36-31-28(19(2)37-39(31)22-8-4-3-5-9-22)29(20-13-15-26(40)27(41)16-20)38(32)25-11-7-6-10-24(25)35-30/h3-17,29,40-41H,1-2H3,(H,34,35)/t29-/m0/s1. The van der Waals surface area contributed by atoms with E-state index in [1.54, 1.807) is 6.07 Å². The monoisotopic (exact) mass is 560 g/mol. The summed E-state index contributed by atoms with van der Waals surface area (Å²) in [6, 6.07) is 28.0. The molecule has 2 aliphatic rings. The first-order valence-corrected chi connectivity index (χ1v) is 13.5. The van der Waals surface area contributed by atoms with Crippen LogP contribution in [0.1, 0.15) is 28.4 Å². The summed E-state index contributed by atoms with van der Waals surface area (Å²) in [6.45, 7) is 3.92. The molecule has 5 aromatic rings. The second-order valence-electron chi connectivity index (χ2n) is 10.1. The lowest BCUT2D eigenvalue weighted by atomic mass is 9.93. The summed E-state index contributed by atoms with van der Waals surface area (Å²) < 4.78 is 1.84. The minimum atomic E-state index is -0.434. The lowest BCUT2D eigenvalue weighted by Crippen LogP contribution is -2.46. The zero-order valence-electron chi connectivity index (χ0n) is 22.2.